The molecule has 3 rings (SSSR count). The summed E-state index contributed by atoms with van der Waals surface area (Å²) in [5.41, 5.74) is 0.518. The van der Waals surface area contributed by atoms with Crippen LogP contribution in [0.1, 0.15) is 20.8 Å². The van der Waals surface area contributed by atoms with Crippen LogP contribution in [0.4, 0.5) is 4.79 Å². The predicted molar refractivity (Wildman–Crippen MR) is 99.9 cm³/mol. The van der Waals surface area contributed by atoms with Gasteiger partial charge in [-0.05, 0) is 50.9 Å². The van der Waals surface area contributed by atoms with E-state index in [1.165, 1.54) is 0 Å². The van der Waals surface area contributed by atoms with E-state index >= 15 is 0 Å². The maximum atomic E-state index is 12.1. The molecule has 1 aliphatic heterocycles. The van der Waals surface area contributed by atoms with Gasteiger partial charge in [-0.2, -0.15) is 0 Å². The molecule has 8 heteroatoms. The van der Waals surface area contributed by atoms with E-state index in [9.17, 15) is 4.79 Å². The van der Waals surface area contributed by atoms with Crippen molar-refractivity contribution in [1.82, 2.24) is 14.2 Å². The molecule has 0 radical (unpaired) electrons. The first kappa shape index (κ1) is 17.8. The molecule has 0 aliphatic carbocycles. The summed E-state index contributed by atoms with van der Waals surface area (Å²) in [6.07, 6.45) is -0.234. The molecule has 0 saturated carbocycles. The first-order valence-corrected chi connectivity index (χ1v) is 9.74. The minimum Gasteiger partial charge on any atom is -0.444 e. The van der Waals surface area contributed by atoms with Crippen LogP contribution in [0.3, 0.4) is 0 Å². The van der Waals surface area contributed by atoms with E-state index in [1.54, 1.807) is 28.2 Å². The molecule has 0 unspecified atom stereocenters. The minimum absolute atomic E-state index is 0.234. The molecule has 24 heavy (non-hydrogen) atoms. The lowest BCUT2D eigenvalue weighted by molar-refractivity contribution is 0.0197. The molecule has 1 saturated heterocycles. The monoisotopic (exact) mass is 385 g/mol. The smallest absolute Gasteiger partial charge is 0.410 e. The third-order valence-corrected chi connectivity index (χ3v) is 5.82. The van der Waals surface area contributed by atoms with E-state index in [0.29, 0.717) is 13.1 Å². The Bertz CT molecular complexity index is 736. The Balaban J connectivity index is 1.55. The molecule has 1 aromatic carbocycles. The number of thiazole rings is 1. The highest BCUT2D eigenvalue weighted by atomic mass is 35.5. The number of halogens is 1. The fraction of sp³-hybridized carbons (Fsp3) is 0.500. The Morgan fingerprint density at radius 2 is 2.00 bits per heavy atom. The first-order valence-electron chi connectivity index (χ1n) is 7.77. The normalized spacial score (nSPS) is 16.6. The number of aromatic nitrogens is 1. The molecular formula is C16H20ClN3O2S2. The molecule has 0 spiro atoms. The summed E-state index contributed by atoms with van der Waals surface area (Å²) in [4.78, 5) is 18.5. The number of rotatable bonds is 2. The van der Waals surface area contributed by atoms with Crippen LogP contribution < -0.4 is 0 Å². The SMILES string of the molecule is CC(C)(C)OC(=O)N1CCN(Sc2nc3ccc(Cl)cc3s2)CC1. The van der Waals surface area contributed by atoms with Gasteiger partial charge in [0.1, 0.15) is 5.60 Å². The van der Waals surface area contributed by atoms with Gasteiger partial charge < -0.3 is 9.64 Å². The summed E-state index contributed by atoms with van der Waals surface area (Å²) in [6.45, 7) is 8.57. The standard InChI is InChI=1S/C16H20ClN3O2S2/c1-16(2,3)22-15(21)19-6-8-20(9-7-19)24-14-18-12-5-4-11(17)10-13(12)23-14/h4-5,10H,6-9H2,1-3H3. The molecule has 1 amide bonds. The Labute approximate surface area is 155 Å². The average molecular weight is 386 g/mol. The van der Waals surface area contributed by atoms with Crippen molar-refractivity contribution >= 4 is 51.2 Å². The summed E-state index contributed by atoms with van der Waals surface area (Å²) in [7, 11) is 0. The summed E-state index contributed by atoms with van der Waals surface area (Å²) in [5.74, 6) is 0. The number of fused-ring (bicyclic) bond motifs is 1. The van der Waals surface area contributed by atoms with Gasteiger partial charge >= 0.3 is 6.09 Å². The number of carbonyl (C=O) groups is 1. The summed E-state index contributed by atoms with van der Waals surface area (Å²) >= 11 is 9.31. The summed E-state index contributed by atoms with van der Waals surface area (Å²) < 4.78 is 9.75. The zero-order valence-corrected chi connectivity index (χ0v) is 16.3. The van der Waals surface area contributed by atoms with Gasteiger partial charge in [-0.15, -0.1) is 11.3 Å². The Kier molecular flexibility index (Phi) is 5.24. The molecule has 130 valence electrons. The Morgan fingerprint density at radius 1 is 1.29 bits per heavy atom. The maximum Gasteiger partial charge on any atom is 0.410 e. The second kappa shape index (κ2) is 7.07. The highest BCUT2D eigenvalue weighted by Gasteiger charge is 2.26. The summed E-state index contributed by atoms with van der Waals surface area (Å²) in [6, 6.07) is 5.75. The van der Waals surface area contributed by atoms with Gasteiger partial charge in [0.25, 0.3) is 0 Å². The number of carbonyl (C=O) groups excluding carboxylic acids is 1. The second-order valence-electron chi connectivity index (χ2n) is 6.58. The Hall–Kier alpha value is -1.02. The zero-order chi connectivity index (χ0) is 17.3. The number of amides is 1. The van der Waals surface area contributed by atoms with Crippen LogP contribution in [0.25, 0.3) is 10.2 Å². The van der Waals surface area contributed by atoms with Crippen molar-refractivity contribution in [2.75, 3.05) is 26.2 Å². The van der Waals surface area contributed by atoms with E-state index in [1.807, 2.05) is 39.0 Å². The van der Waals surface area contributed by atoms with E-state index < -0.39 is 5.60 Å². The van der Waals surface area contributed by atoms with Gasteiger partial charge in [-0.3, -0.25) is 0 Å². The van der Waals surface area contributed by atoms with Crippen molar-refractivity contribution in [3.05, 3.63) is 23.2 Å². The van der Waals surface area contributed by atoms with Crippen molar-refractivity contribution in [3.8, 4) is 0 Å². The number of hydrogen-bond donors (Lipinski definition) is 0. The van der Waals surface area contributed by atoms with Gasteiger partial charge in [0, 0.05) is 31.2 Å². The lowest BCUT2D eigenvalue weighted by Gasteiger charge is -2.34. The van der Waals surface area contributed by atoms with Crippen LogP contribution in [0, 0.1) is 0 Å². The average Bonchev–Trinajstić information content (AvgIpc) is 2.87. The van der Waals surface area contributed by atoms with Gasteiger partial charge in [-0.1, -0.05) is 11.6 Å². The second-order valence-corrected chi connectivity index (χ2v) is 9.39. The predicted octanol–water partition coefficient (Wildman–Crippen LogP) is 4.51. The molecule has 1 fully saturated rings. The van der Waals surface area contributed by atoms with Crippen molar-refractivity contribution in [3.63, 3.8) is 0 Å². The van der Waals surface area contributed by atoms with E-state index in [2.05, 4.69) is 9.29 Å². The minimum atomic E-state index is -0.453. The van der Waals surface area contributed by atoms with Gasteiger partial charge in [0.05, 0.1) is 10.2 Å². The van der Waals surface area contributed by atoms with Crippen LogP contribution >= 0.6 is 34.9 Å². The van der Waals surface area contributed by atoms with Crippen LogP contribution in [0.15, 0.2) is 22.5 Å². The van der Waals surface area contributed by atoms with Crippen molar-refractivity contribution < 1.29 is 9.53 Å². The highest BCUT2D eigenvalue weighted by Crippen LogP contribution is 2.33. The third kappa shape index (κ3) is 4.53. The Morgan fingerprint density at radius 3 is 2.67 bits per heavy atom. The molecule has 0 atom stereocenters. The molecule has 0 bridgehead atoms. The number of ether oxygens (including phenoxy) is 1. The molecule has 1 aliphatic rings. The molecule has 0 N–H and O–H groups in total. The van der Waals surface area contributed by atoms with Crippen LogP contribution in [-0.4, -0.2) is 52.1 Å². The molecule has 1 aromatic heterocycles. The van der Waals surface area contributed by atoms with Gasteiger partial charge in [-0.25, -0.2) is 14.1 Å². The van der Waals surface area contributed by atoms with E-state index in [4.69, 9.17) is 16.3 Å². The van der Waals surface area contributed by atoms with Crippen molar-refractivity contribution in [1.29, 1.82) is 0 Å². The number of benzene rings is 1. The molecule has 5 nitrogen and oxygen atoms in total. The topological polar surface area (TPSA) is 45.7 Å². The molecule has 2 heterocycles. The first-order chi connectivity index (χ1) is 11.3. The fourth-order valence-electron chi connectivity index (χ4n) is 2.32. The fourth-order valence-corrected chi connectivity index (χ4v) is 4.73. The molecular weight excluding hydrogens is 366 g/mol. The van der Waals surface area contributed by atoms with E-state index in [-0.39, 0.29) is 6.09 Å². The lowest BCUT2D eigenvalue weighted by Crippen LogP contribution is -2.47. The third-order valence-electron chi connectivity index (χ3n) is 3.43. The quantitative estimate of drug-likeness (QED) is 0.711. The maximum absolute atomic E-state index is 12.1. The lowest BCUT2D eigenvalue weighted by atomic mass is 10.2. The summed E-state index contributed by atoms with van der Waals surface area (Å²) in [5, 5.41) is 0.730. The largest absolute Gasteiger partial charge is 0.444 e. The van der Waals surface area contributed by atoms with Crippen molar-refractivity contribution in [2.45, 2.75) is 30.7 Å². The number of nitrogens with zero attached hydrogens (tertiary/aromatic N) is 3. The highest BCUT2D eigenvalue weighted by molar-refractivity contribution is 7.98. The zero-order valence-electron chi connectivity index (χ0n) is 13.9. The number of hydrogen-bond acceptors (Lipinski definition) is 6. The van der Waals surface area contributed by atoms with Crippen molar-refractivity contribution in [2.24, 2.45) is 0 Å². The van der Waals surface area contributed by atoms with Gasteiger partial charge in [0.15, 0.2) is 4.34 Å². The van der Waals surface area contributed by atoms with Crippen LogP contribution in [0.5, 0.6) is 0 Å². The van der Waals surface area contributed by atoms with Crippen LogP contribution in [0.2, 0.25) is 5.02 Å². The van der Waals surface area contributed by atoms with Gasteiger partial charge in [0.2, 0.25) is 0 Å². The number of piperazine rings is 1. The molecule has 2 aromatic rings. The van der Waals surface area contributed by atoms with Crippen LogP contribution in [-0.2, 0) is 4.74 Å². The van der Waals surface area contributed by atoms with E-state index in [0.717, 1.165) is 32.7 Å².